The summed E-state index contributed by atoms with van der Waals surface area (Å²) in [7, 11) is 0. The quantitative estimate of drug-likeness (QED) is 0.191. The summed E-state index contributed by atoms with van der Waals surface area (Å²) in [5, 5.41) is 14.9. The van der Waals surface area contributed by atoms with Crippen LogP contribution in [0, 0.1) is 0 Å². The highest BCUT2D eigenvalue weighted by atomic mass is 16.3. The Labute approximate surface area is 253 Å². The van der Waals surface area contributed by atoms with Crippen LogP contribution in [0.2, 0.25) is 0 Å². The van der Waals surface area contributed by atoms with E-state index >= 15 is 0 Å². The first-order chi connectivity index (χ1) is 19.9. The van der Waals surface area contributed by atoms with Crippen molar-refractivity contribution in [3.63, 3.8) is 0 Å². The van der Waals surface area contributed by atoms with E-state index in [0.29, 0.717) is 44.7 Å². The van der Waals surface area contributed by atoms with E-state index in [4.69, 9.17) is 4.98 Å². The minimum absolute atomic E-state index is 0.00650. The molecule has 0 spiro atoms. The lowest BCUT2D eigenvalue weighted by Gasteiger charge is -2.28. The fraction of sp³-hybridized carbons (Fsp3) is 0.351. The molecule has 6 nitrogen and oxygen atoms in total. The first kappa shape index (κ1) is 30.1. The SMILES string of the molecule is CC(C)(C)c1ccc2c(c1)C(=[OH+])C(c1ccc3cccc(NC(=O)c4cc(C(C)(C)C)c(O)c(C(C)(C)C)c4)c3n1)C2=O. The minimum Gasteiger partial charge on any atom is -0.507 e. The number of carbonyl (C=O) groups excluding carboxylic acids is 3. The minimum atomic E-state index is -0.917. The standard InChI is InChI=1S/C37H40N2O4/c1-35(2,3)22-14-15-23-24(19-22)32(41)29(31(23)40)27-16-13-20-11-10-12-28(30(20)38-27)39-34(43)21-17-25(36(4,5)6)33(42)26(18-21)37(7,8)9/h10-19,29,42H,1-9H3,(H,39,43)/p+1. The number of para-hydroxylation sites is 1. The molecule has 222 valence electrons. The molecule has 1 heterocycles. The highest BCUT2D eigenvalue weighted by Gasteiger charge is 2.46. The second kappa shape index (κ2) is 10.1. The predicted octanol–water partition coefficient (Wildman–Crippen LogP) is 7.96. The highest BCUT2D eigenvalue weighted by molar-refractivity contribution is 6.30. The lowest BCUT2D eigenvalue weighted by Crippen LogP contribution is -2.21. The zero-order valence-electron chi connectivity index (χ0n) is 26.5. The van der Waals surface area contributed by atoms with Crippen molar-refractivity contribution < 1.29 is 19.5 Å². The molecule has 0 bridgehead atoms. The molecule has 1 unspecified atom stereocenters. The van der Waals surface area contributed by atoms with Gasteiger partial charge < -0.3 is 10.4 Å². The maximum atomic E-state index is 13.7. The second-order valence-electron chi connectivity index (χ2n) is 14.7. The zero-order valence-corrected chi connectivity index (χ0v) is 26.5. The molecule has 1 aromatic heterocycles. The normalized spacial score (nSPS) is 15.6. The van der Waals surface area contributed by atoms with Crippen molar-refractivity contribution in [3.05, 3.63) is 99.7 Å². The number of anilines is 1. The first-order valence-corrected chi connectivity index (χ1v) is 14.7. The Balaban J connectivity index is 1.54. The Kier molecular flexibility index (Phi) is 7.11. The van der Waals surface area contributed by atoms with Crippen LogP contribution in [-0.2, 0) is 16.2 Å². The number of carbonyl (C=O) groups is 2. The fourth-order valence-corrected chi connectivity index (χ4v) is 5.67. The van der Waals surface area contributed by atoms with Crippen LogP contribution in [0.5, 0.6) is 5.75 Å². The van der Waals surface area contributed by atoms with Gasteiger partial charge in [-0.1, -0.05) is 92.6 Å². The van der Waals surface area contributed by atoms with Gasteiger partial charge >= 0.3 is 5.78 Å². The molecule has 0 radical (unpaired) electrons. The molecule has 4 aromatic rings. The lowest BCUT2D eigenvalue weighted by atomic mass is 9.78. The Morgan fingerprint density at radius 1 is 0.814 bits per heavy atom. The van der Waals surface area contributed by atoms with Gasteiger partial charge in [-0.05, 0) is 52.1 Å². The van der Waals surface area contributed by atoms with Crippen LogP contribution in [0.25, 0.3) is 10.9 Å². The Morgan fingerprint density at radius 3 is 2.02 bits per heavy atom. The Morgan fingerprint density at radius 2 is 1.44 bits per heavy atom. The summed E-state index contributed by atoms with van der Waals surface area (Å²) in [6, 6.07) is 18.2. The number of phenolic OH excluding ortho intramolecular Hbond substituents is 1. The van der Waals surface area contributed by atoms with E-state index in [1.807, 2.05) is 71.9 Å². The average molecular weight is 578 g/mol. The average Bonchev–Trinajstić information content (AvgIpc) is 3.16. The third-order valence-electron chi connectivity index (χ3n) is 8.24. The van der Waals surface area contributed by atoms with Gasteiger partial charge in [0.25, 0.3) is 5.91 Å². The van der Waals surface area contributed by atoms with Crippen molar-refractivity contribution in [3.8, 4) is 5.75 Å². The van der Waals surface area contributed by atoms with E-state index in [9.17, 15) is 19.5 Å². The molecule has 3 N–H and O–H groups in total. The first-order valence-electron chi connectivity index (χ1n) is 14.7. The van der Waals surface area contributed by atoms with E-state index in [2.05, 4.69) is 26.1 Å². The second-order valence-corrected chi connectivity index (χ2v) is 14.7. The molecule has 0 saturated heterocycles. The number of hydrogen-bond donors (Lipinski definition) is 2. The number of hydrogen-bond acceptors (Lipinski definition) is 4. The third-order valence-corrected chi connectivity index (χ3v) is 8.24. The molecule has 1 atom stereocenters. The predicted molar refractivity (Wildman–Crippen MR) is 173 cm³/mol. The van der Waals surface area contributed by atoms with Gasteiger partial charge in [0.15, 0.2) is 11.7 Å². The van der Waals surface area contributed by atoms with Crippen LogP contribution in [0.15, 0.2) is 60.7 Å². The molecule has 0 saturated carbocycles. The van der Waals surface area contributed by atoms with Gasteiger partial charge in [-0.2, -0.15) is 0 Å². The molecule has 1 aliphatic rings. The topological polar surface area (TPSA) is 101 Å². The summed E-state index contributed by atoms with van der Waals surface area (Å²) in [4.78, 5) is 43.3. The van der Waals surface area contributed by atoms with Crippen LogP contribution in [0.3, 0.4) is 0 Å². The number of phenols is 1. The lowest BCUT2D eigenvalue weighted by molar-refractivity contribution is 0.0984. The zero-order chi connectivity index (χ0) is 31.6. The van der Waals surface area contributed by atoms with E-state index in [-0.39, 0.29) is 39.5 Å². The molecule has 6 heteroatoms. The molecular weight excluding hydrogens is 536 g/mol. The number of Topliss-reactive ketones (excluding diaryl/α,β-unsaturated/α-hetero) is 1. The van der Waals surface area contributed by atoms with Crippen LogP contribution < -0.4 is 5.32 Å². The van der Waals surface area contributed by atoms with Gasteiger partial charge in [0.1, 0.15) is 5.75 Å². The van der Waals surface area contributed by atoms with E-state index in [1.165, 1.54) is 0 Å². The molecule has 0 aliphatic heterocycles. The Hall–Kier alpha value is -4.32. The van der Waals surface area contributed by atoms with Crippen molar-refractivity contribution in [2.24, 2.45) is 0 Å². The maximum Gasteiger partial charge on any atom is 0.341 e. The summed E-state index contributed by atoms with van der Waals surface area (Å²) in [6.45, 7) is 18.3. The van der Waals surface area contributed by atoms with Gasteiger partial charge in [0, 0.05) is 27.6 Å². The van der Waals surface area contributed by atoms with Gasteiger partial charge in [-0.25, -0.2) is 4.98 Å². The Bertz CT molecular complexity index is 1780. The number of amides is 1. The van der Waals surface area contributed by atoms with E-state index < -0.39 is 5.92 Å². The number of fused-ring (bicyclic) bond motifs is 2. The largest absolute Gasteiger partial charge is 0.507 e. The summed E-state index contributed by atoms with van der Waals surface area (Å²) in [5.74, 6) is -1.24. The number of pyridine rings is 1. The molecule has 1 amide bonds. The number of nitrogens with zero attached hydrogens (tertiary/aromatic N) is 1. The van der Waals surface area contributed by atoms with Gasteiger partial charge in [0.2, 0.25) is 0 Å². The van der Waals surface area contributed by atoms with Gasteiger partial charge in [-0.15, -0.1) is 0 Å². The van der Waals surface area contributed by atoms with Crippen LogP contribution >= 0.6 is 0 Å². The number of nitrogens with one attached hydrogen (secondary N) is 1. The smallest absolute Gasteiger partial charge is 0.341 e. The summed E-state index contributed by atoms with van der Waals surface area (Å²) in [6.07, 6.45) is 0. The fourth-order valence-electron chi connectivity index (χ4n) is 5.67. The van der Waals surface area contributed by atoms with Crippen molar-refractivity contribution in [2.45, 2.75) is 84.5 Å². The van der Waals surface area contributed by atoms with Crippen molar-refractivity contribution in [1.29, 1.82) is 0 Å². The number of aromatic nitrogens is 1. The monoisotopic (exact) mass is 577 g/mol. The molecule has 0 fully saturated rings. The summed E-state index contributed by atoms with van der Waals surface area (Å²) in [5.41, 5.74) is 4.41. The number of benzene rings is 3. The maximum absolute atomic E-state index is 13.7. The van der Waals surface area contributed by atoms with Crippen LogP contribution in [0.4, 0.5) is 5.69 Å². The van der Waals surface area contributed by atoms with Gasteiger partial charge in [0.05, 0.1) is 22.5 Å². The molecule has 3 aromatic carbocycles. The third kappa shape index (κ3) is 5.47. The number of aromatic hydroxyl groups is 1. The molecule has 43 heavy (non-hydrogen) atoms. The van der Waals surface area contributed by atoms with Crippen molar-refractivity contribution >= 4 is 34.1 Å². The molecular formula is C37H41N2O4+. The van der Waals surface area contributed by atoms with Crippen molar-refractivity contribution in [2.75, 3.05) is 5.32 Å². The number of ketones is 2. The number of rotatable bonds is 3. The van der Waals surface area contributed by atoms with E-state index in [1.54, 1.807) is 30.3 Å². The van der Waals surface area contributed by atoms with Crippen molar-refractivity contribution in [1.82, 2.24) is 4.98 Å². The summed E-state index contributed by atoms with van der Waals surface area (Å²) >= 11 is 0. The van der Waals surface area contributed by atoms with E-state index in [0.717, 1.165) is 10.9 Å². The molecule has 5 rings (SSSR count). The highest BCUT2D eigenvalue weighted by Crippen LogP contribution is 2.40. The van der Waals surface area contributed by atoms with Gasteiger partial charge in [-0.3, -0.25) is 14.4 Å². The summed E-state index contributed by atoms with van der Waals surface area (Å²) < 4.78 is 0. The van der Waals surface area contributed by atoms with Crippen LogP contribution in [0.1, 0.15) is 117 Å². The van der Waals surface area contributed by atoms with Crippen LogP contribution in [-0.4, -0.2) is 32.4 Å². The molecule has 1 aliphatic carbocycles.